The number of nitriles is 1. The first-order valence-electron chi connectivity index (χ1n) is 13.6. The van der Waals surface area contributed by atoms with Crippen molar-refractivity contribution in [1.82, 2.24) is 19.9 Å². The minimum Gasteiger partial charge on any atom is -0.369 e. The molecule has 1 aliphatic heterocycles. The van der Waals surface area contributed by atoms with Crippen LogP contribution in [-0.2, 0) is 24.3 Å². The van der Waals surface area contributed by atoms with Crippen LogP contribution in [-0.4, -0.2) is 40.7 Å². The molecule has 3 aromatic rings. The number of alkyl halides is 2. The molecule has 0 atom stereocenters. The number of azide groups is 1. The molecule has 2 N–H and O–H groups in total. The molecule has 0 amide bonds. The summed E-state index contributed by atoms with van der Waals surface area (Å²) < 4.78 is 32.0. The first kappa shape index (κ1) is 27.5. The van der Waals surface area contributed by atoms with Crippen LogP contribution in [0.1, 0.15) is 48.8 Å². The van der Waals surface area contributed by atoms with Crippen LogP contribution >= 0.6 is 0 Å². The normalized spacial score (nSPS) is 16.7. The Balaban J connectivity index is 1.38. The van der Waals surface area contributed by atoms with Gasteiger partial charge in [0, 0.05) is 41.6 Å². The van der Waals surface area contributed by atoms with Crippen molar-refractivity contribution in [1.29, 1.82) is 5.26 Å². The molecular formula is C28H31F2N9O. The van der Waals surface area contributed by atoms with Gasteiger partial charge in [0.2, 0.25) is 0 Å². The predicted octanol–water partition coefficient (Wildman–Crippen LogP) is 4.79. The summed E-state index contributed by atoms with van der Waals surface area (Å²) in [6.07, 6.45) is 4.41. The molecule has 2 aliphatic rings. The van der Waals surface area contributed by atoms with Crippen LogP contribution < -0.4 is 16.2 Å². The summed E-state index contributed by atoms with van der Waals surface area (Å²) in [4.78, 5) is 24.9. The Morgan fingerprint density at radius 2 is 2.08 bits per heavy atom. The number of hydrogen-bond acceptors (Lipinski definition) is 7. The number of piperidine rings is 1. The van der Waals surface area contributed by atoms with E-state index in [1.54, 1.807) is 18.2 Å². The van der Waals surface area contributed by atoms with Gasteiger partial charge in [0.05, 0.1) is 16.9 Å². The molecule has 3 heterocycles. The fourth-order valence-electron chi connectivity index (χ4n) is 5.46. The highest BCUT2D eigenvalue weighted by atomic mass is 19.3. The van der Waals surface area contributed by atoms with E-state index in [-0.39, 0.29) is 24.2 Å². The minimum atomic E-state index is -2.88. The summed E-state index contributed by atoms with van der Waals surface area (Å²) in [5.41, 5.74) is 9.16. The van der Waals surface area contributed by atoms with Crippen LogP contribution in [0.3, 0.4) is 0 Å². The van der Waals surface area contributed by atoms with Crippen molar-refractivity contribution in [3.8, 4) is 6.07 Å². The summed E-state index contributed by atoms with van der Waals surface area (Å²) in [5, 5.41) is 20.4. The first-order valence-corrected chi connectivity index (χ1v) is 13.6. The average molecular weight is 548 g/mol. The highest BCUT2D eigenvalue weighted by Crippen LogP contribution is 2.47. The van der Waals surface area contributed by atoms with Gasteiger partial charge in [0.15, 0.2) is 0 Å². The third-order valence-electron chi connectivity index (χ3n) is 7.94. The Hall–Kier alpha value is -4.07. The topological polar surface area (TPSA) is 144 Å². The molecule has 1 aromatic carbocycles. The highest BCUT2D eigenvalue weighted by molar-refractivity contribution is 5.87. The van der Waals surface area contributed by atoms with Gasteiger partial charge >= 0.3 is 0 Å². The summed E-state index contributed by atoms with van der Waals surface area (Å²) in [5.74, 6) is -3.05. The van der Waals surface area contributed by atoms with Crippen molar-refractivity contribution >= 4 is 16.9 Å². The Morgan fingerprint density at radius 3 is 2.80 bits per heavy atom. The van der Waals surface area contributed by atoms with Crippen LogP contribution in [0.15, 0.2) is 46.6 Å². The minimum absolute atomic E-state index is 0.0463. The Kier molecular flexibility index (Phi) is 7.96. The van der Waals surface area contributed by atoms with Crippen LogP contribution in [0.4, 0.5) is 14.6 Å². The van der Waals surface area contributed by atoms with Crippen molar-refractivity contribution in [3.05, 3.63) is 74.1 Å². The third kappa shape index (κ3) is 5.48. The molecular weight excluding hydrogens is 516 g/mol. The van der Waals surface area contributed by atoms with Gasteiger partial charge in [0.25, 0.3) is 11.5 Å². The number of hydrogen-bond donors (Lipinski definition) is 2. The van der Waals surface area contributed by atoms with Crippen molar-refractivity contribution < 1.29 is 8.78 Å². The Morgan fingerprint density at radius 1 is 1.27 bits per heavy atom. The Labute approximate surface area is 230 Å². The van der Waals surface area contributed by atoms with E-state index < -0.39 is 17.3 Å². The maximum absolute atomic E-state index is 15.2. The van der Waals surface area contributed by atoms with Gasteiger partial charge in [-0.15, -0.1) is 0 Å². The number of rotatable bonds is 11. The number of pyridine rings is 1. The van der Waals surface area contributed by atoms with E-state index in [0.717, 1.165) is 5.56 Å². The number of fused-ring (bicyclic) bond motifs is 1. The second-order valence-corrected chi connectivity index (χ2v) is 10.5. The fraction of sp³-hybridized carbons (Fsp3) is 0.500. The molecule has 1 aliphatic carbocycles. The number of aryl methyl sites for hydroxylation is 1. The lowest BCUT2D eigenvalue weighted by molar-refractivity contribution is -0.0754. The molecule has 0 bridgehead atoms. The number of benzene rings is 1. The van der Waals surface area contributed by atoms with Crippen LogP contribution in [0.2, 0.25) is 0 Å². The number of nitrogens with zero attached hydrogens (tertiary/aromatic N) is 7. The number of aromatic nitrogens is 3. The van der Waals surface area contributed by atoms with Gasteiger partial charge in [0.1, 0.15) is 17.8 Å². The van der Waals surface area contributed by atoms with E-state index in [2.05, 4.69) is 36.7 Å². The fourth-order valence-corrected chi connectivity index (χ4v) is 5.46. The van der Waals surface area contributed by atoms with Crippen molar-refractivity contribution in [3.63, 3.8) is 0 Å². The number of nitrogens with one attached hydrogen (secondary N) is 2. The van der Waals surface area contributed by atoms with E-state index in [4.69, 9.17) is 5.53 Å². The molecule has 5 rings (SSSR count). The maximum Gasteiger partial charge on any atom is 0.276 e. The molecule has 10 nitrogen and oxygen atoms in total. The molecule has 0 radical (unpaired) electrons. The summed E-state index contributed by atoms with van der Waals surface area (Å²) >= 11 is 0. The van der Waals surface area contributed by atoms with Crippen LogP contribution in [0, 0.1) is 17.2 Å². The number of halogens is 2. The second kappa shape index (κ2) is 11.6. The quantitative estimate of drug-likeness (QED) is 0.153. The van der Waals surface area contributed by atoms with Crippen LogP contribution in [0.25, 0.3) is 21.5 Å². The van der Waals surface area contributed by atoms with Crippen LogP contribution in [0.5, 0.6) is 0 Å². The van der Waals surface area contributed by atoms with Gasteiger partial charge in [-0.05, 0) is 74.8 Å². The van der Waals surface area contributed by atoms with Gasteiger partial charge < -0.3 is 10.6 Å². The van der Waals surface area contributed by atoms with Gasteiger partial charge in [-0.2, -0.15) is 5.26 Å². The van der Waals surface area contributed by atoms with Gasteiger partial charge in [-0.25, -0.2) is 18.7 Å². The maximum atomic E-state index is 15.2. The van der Waals surface area contributed by atoms with Crippen molar-refractivity contribution in [2.24, 2.45) is 11.0 Å². The zero-order chi connectivity index (χ0) is 28.2. The molecule has 12 heteroatoms. The van der Waals surface area contributed by atoms with Crippen molar-refractivity contribution in [2.75, 3.05) is 31.5 Å². The monoisotopic (exact) mass is 547 g/mol. The Bertz CT molecular complexity index is 1530. The summed E-state index contributed by atoms with van der Waals surface area (Å²) in [7, 11) is 0. The molecule has 2 aromatic heterocycles. The first-order chi connectivity index (χ1) is 19.4. The lowest BCUT2D eigenvalue weighted by Gasteiger charge is -2.31. The zero-order valence-electron chi connectivity index (χ0n) is 22.1. The standard InChI is InChI=1S/C28H31F2N9O/c29-28(30,20-6-11-33-12-7-20)21-4-1-3-19(15-21)5-13-34-24-22-16-23(27(17-31)8-9-27)26(40)39(14-2-10-37-38-32)25(22)36-18-35-24/h1,3-4,15-16,18,20,33H,2,5-14H2,(H,34,35,36). The molecule has 1 saturated carbocycles. The second-order valence-electron chi connectivity index (χ2n) is 10.5. The van der Waals surface area contributed by atoms with Gasteiger partial charge in [-0.1, -0.05) is 23.3 Å². The molecule has 40 heavy (non-hydrogen) atoms. The zero-order valence-corrected chi connectivity index (χ0v) is 22.1. The smallest absolute Gasteiger partial charge is 0.276 e. The highest BCUT2D eigenvalue weighted by Gasteiger charge is 2.47. The lowest BCUT2D eigenvalue weighted by Crippen LogP contribution is -2.36. The van der Waals surface area contributed by atoms with E-state index in [1.807, 2.05) is 6.07 Å². The molecule has 0 spiro atoms. The van der Waals surface area contributed by atoms with Gasteiger partial charge in [-0.3, -0.25) is 9.36 Å². The van der Waals surface area contributed by atoms with E-state index in [0.29, 0.717) is 80.6 Å². The number of anilines is 1. The molecule has 2 fully saturated rings. The molecule has 208 valence electrons. The molecule has 1 saturated heterocycles. The average Bonchev–Trinajstić information content (AvgIpc) is 3.78. The van der Waals surface area contributed by atoms with E-state index >= 15 is 8.78 Å². The third-order valence-corrected chi connectivity index (χ3v) is 7.94. The predicted molar refractivity (Wildman–Crippen MR) is 147 cm³/mol. The summed E-state index contributed by atoms with van der Waals surface area (Å²) in [6, 6.07) is 10.6. The van der Waals surface area contributed by atoms with E-state index in [1.165, 1.54) is 17.0 Å². The van der Waals surface area contributed by atoms with E-state index in [9.17, 15) is 10.1 Å². The SMILES string of the molecule is N#CC1(c2cc3c(NCCc4cccc(C(F)(F)C5CCNCC5)c4)ncnc3n(CCCN=[N+]=[N-])c2=O)CC1. The molecule has 0 unspecified atom stereocenters. The largest absolute Gasteiger partial charge is 0.369 e. The lowest BCUT2D eigenvalue weighted by atomic mass is 9.86. The van der Waals surface area contributed by atoms with Crippen molar-refractivity contribution in [2.45, 2.75) is 56.4 Å². The summed E-state index contributed by atoms with van der Waals surface area (Å²) in [6.45, 7) is 2.14.